The lowest BCUT2D eigenvalue weighted by atomic mass is 10.0. The van der Waals surface area contributed by atoms with Crippen LogP contribution in [-0.2, 0) is 13.0 Å². The summed E-state index contributed by atoms with van der Waals surface area (Å²) in [6.45, 7) is 10.1. The fourth-order valence-corrected chi connectivity index (χ4v) is 2.50. The Labute approximate surface area is 155 Å². The number of nitrogens with zero attached hydrogens (tertiary/aromatic N) is 2. The number of allylic oxidation sites excluding steroid dienone is 2. The van der Waals surface area contributed by atoms with Gasteiger partial charge in [-0.2, -0.15) is 0 Å². The highest BCUT2D eigenvalue weighted by atomic mass is 16.5. The number of hydrogen-bond acceptors (Lipinski definition) is 5. The first-order chi connectivity index (χ1) is 12.6. The van der Waals surface area contributed by atoms with E-state index in [-0.39, 0.29) is 0 Å². The molecule has 0 atom stereocenters. The Morgan fingerprint density at radius 3 is 2.69 bits per heavy atom. The second-order valence-corrected chi connectivity index (χ2v) is 5.87. The molecule has 0 saturated heterocycles. The van der Waals surface area contributed by atoms with Crippen molar-refractivity contribution in [3.05, 3.63) is 71.6 Å². The number of rotatable bonds is 9. The molecule has 136 valence electrons. The van der Waals surface area contributed by atoms with E-state index in [1.807, 2.05) is 37.3 Å². The van der Waals surface area contributed by atoms with Crippen LogP contribution >= 0.6 is 0 Å². The Morgan fingerprint density at radius 2 is 2.04 bits per heavy atom. The molecular weight excluding hydrogens is 326 g/mol. The first-order valence-electron chi connectivity index (χ1n) is 8.27. The molecule has 1 N–H and O–H groups in total. The first kappa shape index (κ1) is 19.2. The third-order valence-electron chi connectivity index (χ3n) is 3.97. The van der Waals surface area contributed by atoms with Crippen molar-refractivity contribution < 1.29 is 9.47 Å². The number of aromatic nitrogens is 1. The fourth-order valence-electron chi connectivity index (χ4n) is 2.50. The highest BCUT2D eigenvalue weighted by Gasteiger charge is 2.07. The molecule has 1 aromatic carbocycles. The van der Waals surface area contributed by atoms with E-state index in [2.05, 4.69) is 28.6 Å². The van der Waals surface area contributed by atoms with Gasteiger partial charge in [0.15, 0.2) is 0 Å². The lowest BCUT2D eigenvalue weighted by Gasteiger charge is -2.12. The van der Waals surface area contributed by atoms with Gasteiger partial charge in [0.05, 0.1) is 14.2 Å². The van der Waals surface area contributed by atoms with Crippen LogP contribution in [0.3, 0.4) is 0 Å². The largest absolute Gasteiger partial charge is 0.497 e. The molecule has 0 amide bonds. The molecule has 0 bridgehead atoms. The predicted octanol–water partition coefficient (Wildman–Crippen LogP) is 4.41. The monoisotopic (exact) mass is 351 g/mol. The average molecular weight is 351 g/mol. The van der Waals surface area contributed by atoms with E-state index < -0.39 is 0 Å². The van der Waals surface area contributed by atoms with Crippen LogP contribution < -0.4 is 14.8 Å². The van der Waals surface area contributed by atoms with Crippen molar-refractivity contribution in [2.24, 2.45) is 4.99 Å². The summed E-state index contributed by atoms with van der Waals surface area (Å²) in [6.07, 6.45) is 4.27. The third-order valence-corrected chi connectivity index (χ3v) is 3.97. The Morgan fingerprint density at radius 1 is 1.23 bits per heavy atom. The summed E-state index contributed by atoms with van der Waals surface area (Å²) in [6, 6.07) is 9.77. The van der Waals surface area contributed by atoms with Gasteiger partial charge in [0.2, 0.25) is 0 Å². The van der Waals surface area contributed by atoms with Crippen molar-refractivity contribution in [2.45, 2.75) is 19.9 Å². The van der Waals surface area contributed by atoms with Gasteiger partial charge in [-0.05, 0) is 55.5 Å². The zero-order valence-corrected chi connectivity index (χ0v) is 15.6. The van der Waals surface area contributed by atoms with Crippen LogP contribution in [-0.4, -0.2) is 25.9 Å². The summed E-state index contributed by atoms with van der Waals surface area (Å²) in [5, 5.41) is 3.34. The van der Waals surface area contributed by atoms with E-state index in [4.69, 9.17) is 9.47 Å². The van der Waals surface area contributed by atoms with Gasteiger partial charge >= 0.3 is 0 Å². The van der Waals surface area contributed by atoms with E-state index in [0.29, 0.717) is 6.54 Å². The zero-order chi connectivity index (χ0) is 18.9. The number of ether oxygens (including phenoxy) is 2. The van der Waals surface area contributed by atoms with E-state index >= 15 is 0 Å². The summed E-state index contributed by atoms with van der Waals surface area (Å²) in [4.78, 5) is 8.24. The zero-order valence-electron chi connectivity index (χ0n) is 15.6. The third kappa shape index (κ3) is 5.21. The van der Waals surface area contributed by atoms with Crippen LogP contribution in [0.1, 0.15) is 18.1 Å². The molecule has 1 aromatic heterocycles. The Kier molecular flexibility index (Phi) is 6.97. The van der Waals surface area contributed by atoms with Gasteiger partial charge in [0, 0.05) is 30.6 Å². The minimum absolute atomic E-state index is 0.598. The molecule has 26 heavy (non-hydrogen) atoms. The lowest BCUT2D eigenvalue weighted by Crippen LogP contribution is -2.04. The molecule has 5 nitrogen and oxygen atoms in total. The van der Waals surface area contributed by atoms with Crippen molar-refractivity contribution in [1.29, 1.82) is 0 Å². The topological polar surface area (TPSA) is 55.7 Å². The maximum Gasteiger partial charge on any atom is 0.127 e. The van der Waals surface area contributed by atoms with Crippen molar-refractivity contribution in [1.82, 2.24) is 4.98 Å². The SMILES string of the molecule is C=N/C=C(/Cc1ccnc(NCc2ccc(OC)cc2OC)c1)C(=C)C. The second kappa shape index (κ2) is 9.42. The average Bonchev–Trinajstić information content (AvgIpc) is 2.66. The first-order valence-corrected chi connectivity index (χ1v) is 8.27. The standard InChI is InChI=1S/C21H25N3O2/c1-15(2)18(13-22-3)10-16-8-9-23-21(11-16)24-14-17-6-7-19(25-4)12-20(17)26-5/h6-9,11-13H,1,3,10,14H2,2,4-5H3,(H,23,24)/b18-13-. The molecule has 2 aromatic rings. The number of benzene rings is 1. The molecule has 0 aliphatic rings. The second-order valence-electron chi connectivity index (χ2n) is 5.87. The number of pyridine rings is 1. The predicted molar refractivity (Wildman–Crippen MR) is 107 cm³/mol. The highest BCUT2D eigenvalue weighted by molar-refractivity contribution is 5.45. The van der Waals surface area contributed by atoms with Crippen LogP contribution in [0.15, 0.2) is 65.4 Å². The number of anilines is 1. The van der Waals surface area contributed by atoms with Crippen molar-refractivity contribution in [3.63, 3.8) is 0 Å². The smallest absolute Gasteiger partial charge is 0.127 e. The maximum absolute atomic E-state index is 5.43. The molecule has 0 radical (unpaired) electrons. The van der Waals surface area contributed by atoms with Gasteiger partial charge in [-0.25, -0.2) is 4.98 Å². The Balaban J connectivity index is 2.10. The van der Waals surface area contributed by atoms with Crippen molar-refractivity contribution in [2.75, 3.05) is 19.5 Å². The van der Waals surface area contributed by atoms with E-state index in [0.717, 1.165) is 46.0 Å². The lowest BCUT2D eigenvalue weighted by molar-refractivity contribution is 0.391. The minimum atomic E-state index is 0.598. The molecule has 0 aliphatic heterocycles. The van der Waals surface area contributed by atoms with Crippen LogP contribution in [0, 0.1) is 0 Å². The minimum Gasteiger partial charge on any atom is -0.497 e. The molecule has 0 saturated carbocycles. The van der Waals surface area contributed by atoms with Crippen LogP contribution in [0.25, 0.3) is 0 Å². The molecular formula is C21H25N3O2. The van der Waals surface area contributed by atoms with Gasteiger partial charge in [0.25, 0.3) is 0 Å². The molecule has 0 fully saturated rings. The van der Waals surface area contributed by atoms with Gasteiger partial charge < -0.3 is 14.8 Å². The summed E-state index contributed by atoms with van der Waals surface area (Å²) in [5.41, 5.74) is 4.18. The van der Waals surface area contributed by atoms with Gasteiger partial charge in [0.1, 0.15) is 17.3 Å². The Bertz CT molecular complexity index is 813. The van der Waals surface area contributed by atoms with Gasteiger partial charge in [-0.3, -0.25) is 4.99 Å². The van der Waals surface area contributed by atoms with Crippen molar-refractivity contribution in [3.8, 4) is 11.5 Å². The summed E-state index contributed by atoms with van der Waals surface area (Å²) in [7, 11) is 3.29. The number of methoxy groups -OCH3 is 2. The molecule has 0 unspecified atom stereocenters. The van der Waals surface area contributed by atoms with E-state index in [1.54, 1.807) is 26.6 Å². The Hall–Kier alpha value is -3.08. The van der Waals surface area contributed by atoms with E-state index in [9.17, 15) is 0 Å². The summed E-state index contributed by atoms with van der Waals surface area (Å²) < 4.78 is 10.7. The number of hydrogen-bond donors (Lipinski definition) is 1. The highest BCUT2D eigenvalue weighted by Crippen LogP contribution is 2.25. The molecule has 0 spiro atoms. The number of aliphatic imine (C=N–C) groups is 1. The van der Waals surface area contributed by atoms with Gasteiger partial charge in [-0.15, -0.1) is 0 Å². The summed E-state index contributed by atoms with van der Waals surface area (Å²) >= 11 is 0. The van der Waals surface area contributed by atoms with E-state index in [1.165, 1.54) is 0 Å². The molecule has 5 heteroatoms. The maximum atomic E-state index is 5.43. The van der Waals surface area contributed by atoms with Crippen molar-refractivity contribution >= 4 is 12.5 Å². The molecule has 2 rings (SSSR count). The van der Waals surface area contributed by atoms with Crippen LogP contribution in [0.2, 0.25) is 0 Å². The molecule has 0 aliphatic carbocycles. The fraction of sp³-hybridized carbons (Fsp3) is 0.238. The normalized spacial score (nSPS) is 11.0. The van der Waals surface area contributed by atoms with Crippen LogP contribution in [0.4, 0.5) is 5.82 Å². The number of nitrogens with one attached hydrogen (secondary N) is 1. The van der Waals surface area contributed by atoms with Gasteiger partial charge in [-0.1, -0.05) is 12.2 Å². The quantitative estimate of drug-likeness (QED) is 0.537. The summed E-state index contributed by atoms with van der Waals surface area (Å²) in [5.74, 6) is 2.34. The van der Waals surface area contributed by atoms with Crippen LogP contribution in [0.5, 0.6) is 11.5 Å². The molecule has 1 heterocycles.